The molecule has 20 heavy (non-hydrogen) atoms. The molecule has 0 aliphatic heterocycles. The average molecular weight is 339 g/mol. The van der Waals surface area contributed by atoms with Gasteiger partial charge in [0.25, 0.3) is 0 Å². The van der Waals surface area contributed by atoms with Crippen molar-refractivity contribution in [1.29, 1.82) is 0 Å². The second kappa shape index (κ2) is 4.52. The van der Waals surface area contributed by atoms with Crippen LogP contribution < -0.4 is 5.73 Å². The van der Waals surface area contributed by atoms with Crippen molar-refractivity contribution >= 4 is 33.0 Å². The van der Waals surface area contributed by atoms with E-state index in [1.165, 1.54) is 10.6 Å². The van der Waals surface area contributed by atoms with Crippen LogP contribution in [-0.2, 0) is 0 Å². The van der Waals surface area contributed by atoms with E-state index in [2.05, 4.69) is 25.9 Å². The molecule has 4 nitrogen and oxygen atoms in total. The second-order valence-electron chi connectivity index (χ2n) is 4.32. The molecule has 2 heterocycles. The Morgan fingerprint density at radius 2 is 1.90 bits per heavy atom. The van der Waals surface area contributed by atoms with E-state index < -0.39 is 11.6 Å². The summed E-state index contributed by atoms with van der Waals surface area (Å²) in [5.74, 6) is -1.33. The second-order valence-corrected chi connectivity index (χ2v) is 5.17. The molecule has 0 bridgehead atoms. The highest BCUT2D eigenvalue weighted by atomic mass is 79.9. The van der Waals surface area contributed by atoms with E-state index in [4.69, 9.17) is 5.73 Å². The molecule has 0 saturated heterocycles. The standard InChI is InChI=1S/C13H9BrF2N4/c1-6-2-3-10-12(18-6)20(13(17)19-10)11-4-7(14)8(15)5-9(11)16/h2-5H,1H3,(H2,17,19). The average Bonchev–Trinajstić information content (AvgIpc) is 2.69. The summed E-state index contributed by atoms with van der Waals surface area (Å²) in [6, 6.07) is 5.64. The van der Waals surface area contributed by atoms with Gasteiger partial charge in [-0.1, -0.05) is 0 Å². The third-order valence-electron chi connectivity index (χ3n) is 2.90. The molecule has 3 aromatic rings. The molecule has 0 aliphatic carbocycles. The van der Waals surface area contributed by atoms with Crippen LogP contribution in [0.5, 0.6) is 0 Å². The topological polar surface area (TPSA) is 56.7 Å². The lowest BCUT2D eigenvalue weighted by atomic mass is 10.3. The number of nitrogens with two attached hydrogens (primary N) is 1. The number of hydrogen-bond donors (Lipinski definition) is 1. The molecule has 0 spiro atoms. The summed E-state index contributed by atoms with van der Waals surface area (Å²) in [7, 11) is 0. The zero-order valence-electron chi connectivity index (χ0n) is 10.4. The fourth-order valence-corrected chi connectivity index (χ4v) is 2.32. The Balaban J connectivity index is 2.37. The number of imidazole rings is 1. The zero-order chi connectivity index (χ0) is 14.4. The molecule has 0 unspecified atom stereocenters. The Morgan fingerprint density at radius 1 is 1.15 bits per heavy atom. The Kier molecular flexibility index (Phi) is 2.93. The molecular formula is C13H9BrF2N4. The minimum Gasteiger partial charge on any atom is -0.369 e. The lowest BCUT2D eigenvalue weighted by Gasteiger charge is -2.08. The van der Waals surface area contributed by atoms with Crippen LogP contribution in [0.25, 0.3) is 16.9 Å². The number of fused-ring (bicyclic) bond motifs is 1. The number of nitrogen functional groups attached to an aromatic ring is 1. The molecule has 0 aliphatic rings. The summed E-state index contributed by atoms with van der Waals surface area (Å²) in [4.78, 5) is 8.44. The summed E-state index contributed by atoms with van der Waals surface area (Å²) < 4.78 is 28.8. The molecule has 2 N–H and O–H groups in total. The third-order valence-corrected chi connectivity index (χ3v) is 3.51. The van der Waals surface area contributed by atoms with Crippen LogP contribution in [0, 0.1) is 18.6 Å². The summed E-state index contributed by atoms with van der Waals surface area (Å²) in [6.07, 6.45) is 0. The maximum Gasteiger partial charge on any atom is 0.207 e. The summed E-state index contributed by atoms with van der Waals surface area (Å²) in [6.45, 7) is 1.81. The maximum absolute atomic E-state index is 14.0. The predicted octanol–water partition coefficient (Wildman–Crippen LogP) is 3.35. The van der Waals surface area contributed by atoms with Crippen LogP contribution in [-0.4, -0.2) is 14.5 Å². The normalized spacial score (nSPS) is 11.2. The number of benzene rings is 1. The lowest BCUT2D eigenvalue weighted by molar-refractivity contribution is 0.574. The van der Waals surface area contributed by atoms with Crippen LogP contribution in [0.4, 0.5) is 14.7 Å². The number of hydrogen-bond acceptors (Lipinski definition) is 3. The van der Waals surface area contributed by atoms with Gasteiger partial charge < -0.3 is 5.73 Å². The van der Waals surface area contributed by atoms with Crippen molar-refractivity contribution < 1.29 is 8.78 Å². The highest BCUT2D eigenvalue weighted by molar-refractivity contribution is 9.10. The van der Waals surface area contributed by atoms with Gasteiger partial charge in [0.2, 0.25) is 5.95 Å². The van der Waals surface area contributed by atoms with Crippen LogP contribution in [0.2, 0.25) is 0 Å². The molecule has 102 valence electrons. The highest BCUT2D eigenvalue weighted by Gasteiger charge is 2.17. The molecule has 3 rings (SSSR count). The van der Waals surface area contributed by atoms with Crippen LogP contribution in [0.3, 0.4) is 0 Å². The number of pyridine rings is 1. The van der Waals surface area contributed by atoms with Crippen LogP contribution in [0.15, 0.2) is 28.7 Å². The number of anilines is 1. The number of halogens is 3. The van der Waals surface area contributed by atoms with Gasteiger partial charge in [-0.25, -0.2) is 18.7 Å². The first-order chi connectivity index (χ1) is 9.47. The molecule has 0 fully saturated rings. The van der Waals surface area contributed by atoms with E-state index in [1.54, 1.807) is 12.1 Å². The monoisotopic (exact) mass is 338 g/mol. The maximum atomic E-state index is 14.0. The van der Waals surface area contributed by atoms with Crippen molar-refractivity contribution in [1.82, 2.24) is 14.5 Å². The first-order valence-electron chi connectivity index (χ1n) is 5.74. The quantitative estimate of drug-likeness (QED) is 0.692. The first kappa shape index (κ1) is 13.0. The van der Waals surface area contributed by atoms with Gasteiger partial charge in [-0.2, -0.15) is 0 Å². The van der Waals surface area contributed by atoms with Crippen molar-refractivity contribution in [2.75, 3.05) is 5.73 Å². The third kappa shape index (κ3) is 1.94. The van der Waals surface area contributed by atoms with Crippen molar-refractivity contribution in [3.05, 3.63) is 46.1 Å². The number of nitrogens with zero attached hydrogens (tertiary/aromatic N) is 3. The first-order valence-corrected chi connectivity index (χ1v) is 6.53. The van der Waals surface area contributed by atoms with E-state index in [0.717, 1.165) is 11.8 Å². The van der Waals surface area contributed by atoms with E-state index >= 15 is 0 Å². The minimum absolute atomic E-state index is 0.0931. The van der Waals surface area contributed by atoms with E-state index in [1.807, 2.05) is 6.92 Å². The molecule has 0 atom stereocenters. The molecule has 2 aromatic heterocycles. The predicted molar refractivity (Wildman–Crippen MR) is 75.6 cm³/mol. The van der Waals surface area contributed by atoms with Gasteiger partial charge in [-0.3, -0.25) is 4.57 Å². The number of rotatable bonds is 1. The van der Waals surface area contributed by atoms with Gasteiger partial charge in [0, 0.05) is 11.8 Å². The smallest absolute Gasteiger partial charge is 0.207 e. The number of aryl methyl sites for hydroxylation is 1. The molecule has 1 aromatic carbocycles. The van der Waals surface area contributed by atoms with Crippen molar-refractivity contribution in [2.45, 2.75) is 6.92 Å². The van der Waals surface area contributed by atoms with Gasteiger partial charge in [0.1, 0.15) is 17.2 Å². The molecular weight excluding hydrogens is 330 g/mol. The molecule has 7 heteroatoms. The Bertz CT molecular complexity index is 829. The van der Waals surface area contributed by atoms with Gasteiger partial charge in [0.05, 0.1) is 10.2 Å². The summed E-state index contributed by atoms with van der Waals surface area (Å²) >= 11 is 3.03. The zero-order valence-corrected chi connectivity index (χ0v) is 11.9. The fourth-order valence-electron chi connectivity index (χ4n) is 1.99. The Hall–Kier alpha value is -2.02. The Morgan fingerprint density at radius 3 is 2.65 bits per heavy atom. The molecule has 0 saturated carbocycles. The number of aromatic nitrogens is 3. The van der Waals surface area contributed by atoms with Gasteiger partial charge >= 0.3 is 0 Å². The summed E-state index contributed by atoms with van der Waals surface area (Å²) in [5, 5.41) is 0. The van der Waals surface area contributed by atoms with Gasteiger partial charge in [-0.15, -0.1) is 0 Å². The van der Waals surface area contributed by atoms with Gasteiger partial charge in [-0.05, 0) is 41.1 Å². The largest absolute Gasteiger partial charge is 0.369 e. The molecule has 0 amide bonds. The van der Waals surface area contributed by atoms with Crippen molar-refractivity contribution in [3.63, 3.8) is 0 Å². The van der Waals surface area contributed by atoms with E-state index in [9.17, 15) is 8.78 Å². The Labute approximate surface area is 121 Å². The summed E-state index contributed by atoms with van der Waals surface area (Å²) in [5.41, 5.74) is 7.65. The fraction of sp³-hybridized carbons (Fsp3) is 0.0769. The van der Waals surface area contributed by atoms with Crippen LogP contribution in [0.1, 0.15) is 5.69 Å². The SMILES string of the molecule is Cc1ccc2nc(N)n(-c3cc(Br)c(F)cc3F)c2n1. The van der Waals surface area contributed by atoms with Crippen molar-refractivity contribution in [3.8, 4) is 5.69 Å². The van der Waals surface area contributed by atoms with Crippen LogP contribution >= 0.6 is 15.9 Å². The minimum atomic E-state index is -0.736. The van der Waals surface area contributed by atoms with E-state index in [-0.39, 0.29) is 16.1 Å². The van der Waals surface area contributed by atoms with E-state index in [0.29, 0.717) is 11.2 Å². The van der Waals surface area contributed by atoms with Crippen molar-refractivity contribution in [2.24, 2.45) is 0 Å². The van der Waals surface area contributed by atoms with Gasteiger partial charge in [0.15, 0.2) is 5.65 Å². The lowest BCUT2D eigenvalue weighted by Crippen LogP contribution is -2.05. The molecule has 0 radical (unpaired) electrons. The highest BCUT2D eigenvalue weighted by Crippen LogP contribution is 2.27.